The summed E-state index contributed by atoms with van der Waals surface area (Å²) in [5, 5.41) is 12.4. The standard InChI is InChI=1S/C13H18ClN3O3/c1-9(8-17-2-4-20-5-3-17)16-12-11(14)6-10(7-15-12)13(18)19/h6-7,9H,2-5,8H2,1H3,(H,15,16)(H,18,19)/t9-/m0/s1. The first-order chi connectivity index (χ1) is 9.56. The number of ether oxygens (including phenoxy) is 1. The van der Waals surface area contributed by atoms with Crippen LogP contribution in [-0.4, -0.2) is 59.8 Å². The Hall–Kier alpha value is -1.37. The van der Waals surface area contributed by atoms with Crippen LogP contribution in [0.15, 0.2) is 12.3 Å². The predicted molar refractivity (Wildman–Crippen MR) is 76.6 cm³/mol. The van der Waals surface area contributed by atoms with Gasteiger partial charge in [0.05, 0.1) is 23.8 Å². The van der Waals surface area contributed by atoms with Crippen LogP contribution in [0.1, 0.15) is 17.3 Å². The van der Waals surface area contributed by atoms with E-state index in [2.05, 4.69) is 15.2 Å². The van der Waals surface area contributed by atoms with Crippen molar-refractivity contribution in [3.05, 3.63) is 22.8 Å². The maximum absolute atomic E-state index is 10.8. The lowest BCUT2D eigenvalue weighted by Crippen LogP contribution is -2.42. The number of hydrogen-bond acceptors (Lipinski definition) is 5. The Morgan fingerprint density at radius 3 is 2.90 bits per heavy atom. The lowest BCUT2D eigenvalue weighted by Gasteiger charge is -2.29. The van der Waals surface area contributed by atoms with Crippen LogP contribution in [0, 0.1) is 0 Å². The van der Waals surface area contributed by atoms with E-state index in [1.165, 1.54) is 12.3 Å². The third-order valence-corrected chi connectivity index (χ3v) is 3.40. The number of aromatic nitrogens is 1. The van der Waals surface area contributed by atoms with Crippen molar-refractivity contribution in [3.63, 3.8) is 0 Å². The minimum atomic E-state index is -1.03. The van der Waals surface area contributed by atoms with Gasteiger partial charge in [-0.25, -0.2) is 9.78 Å². The van der Waals surface area contributed by atoms with Gasteiger partial charge in [-0.05, 0) is 13.0 Å². The van der Waals surface area contributed by atoms with E-state index in [1.54, 1.807) is 0 Å². The lowest BCUT2D eigenvalue weighted by molar-refractivity contribution is 0.0368. The number of nitrogens with one attached hydrogen (secondary N) is 1. The van der Waals surface area contributed by atoms with Gasteiger partial charge in [-0.15, -0.1) is 0 Å². The van der Waals surface area contributed by atoms with Crippen LogP contribution >= 0.6 is 11.6 Å². The molecule has 1 aromatic rings. The SMILES string of the molecule is C[C@@H](CN1CCOCC1)Nc1ncc(C(=O)O)cc1Cl. The first-order valence-corrected chi connectivity index (χ1v) is 6.89. The van der Waals surface area contributed by atoms with Gasteiger partial charge in [-0.3, -0.25) is 4.90 Å². The molecule has 0 spiro atoms. The van der Waals surface area contributed by atoms with E-state index in [0.29, 0.717) is 10.8 Å². The zero-order valence-corrected chi connectivity index (χ0v) is 12.1. The summed E-state index contributed by atoms with van der Waals surface area (Å²) in [5.41, 5.74) is 0.0846. The second-order valence-corrected chi connectivity index (χ2v) is 5.23. The average Bonchev–Trinajstić information content (AvgIpc) is 2.42. The summed E-state index contributed by atoms with van der Waals surface area (Å²) < 4.78 is 5.30. The molecule has 1 atom stereocenters. The summed E-state index contributed by atoms with van der Waals surface area (Å²) in [5.74, 6) is -0.523. The first kappa shape index (κ1) is 15.0. The number of anilines is 1. The number of carboxylic acids is 1. The number of hydrogen-bond donors (Lipinski definition) is 2. The smallest absolute Gasteiger partial charge is 0.337 e. The second-order valence-electron chi connectivity index (χ2n) is 4.82. The van der Waals surface area contributed by atoms with E-state index in [4.69, 9.17) is 21.4 Å². The molecule has 0 aromatic carbocycles. The molecule has 0 amide bonds. The van der Waals surface area contributed by atoms with Gasteiger partial charge >= 0.3 is 5.97 Å². The monoisotopic (exact) mass is 299 g/mol. The quantitative estimate of drug-likeness (QED) is 0.859. The van der Waals surface area contributed by atoms with Gasteiger partial charge in [0.1, 0.15) is 5.82 Å². The minimum Gasteiger partial charge on any atom is -0.478 e. The molecule has 1 aliphatic heterocycles. The number of morpholine rings is 1. The Balaban J connectivity index is 1.93. The second kappa shape index (κ2) is 6.88. The van der Waals surface area contributed by atoms with Gasteiger partial charge in [-0.1, -0.05) is 11.6 Å². The maximum atomic E-state index is 10.8. The Morgan fingerprint density at radius 1 is 1.60 bits per heavy atom. The fraction of sp³-hybridized carbons (Fsp3) is 0.538. The number of aromatic carboxylic acids is 1. The van der Waals surface area contributed by atoms with Crippen LogP contribution in [0.2, 0.25) is 5.02 Å². The molecule has 1 fully saturated rings. The van der Waals surface area contributed by atoms with Crippen LogP contribution in [0.4, 0.5) is 5.82 Å². The Labute approximate surface area is 122 Å². The highest BCUT2D eigenvalue weighted by Gasteiger charge is 2.15. The highest BCUT2D eigenvalue weighted by Crippen LogP contribution is 2.21. The molecule has 110 valence electrons. The maximum Gasteiger partial charge on any atom is 0.337 e. The van der Waals surface area contributed by atoms with Crippen LogP contribution in [0.3, 0.4) is 0 Å². The molecule has 0 unspecified atom stereocenters. The van der Waals surface area contributed by atoms with Gasteiger partial charge in [0.2, 0.25) is 0 Å². The van der Waals surface area contributed by atoms with Crippen molar-refractivity contribution in [2.75, 3.05) is 38.2 Å². The molecule has 0 aliphatic carbocycles. The third-order valence-electron chi connectivity index (χ3n) is 3.11. The van der Waals surface area contributed by atoms with E-state index in [9.17, 15) is 4.79 Å². The van der Waals surface area contributed by atoms with E-state index >= 15 is 0 Å². The molecule has 2 N–H and O–H groups in total. The highest BCUT2D eigenvalue weighted by molar-refractivity contribution is 6.33. The number of halogens is 1. The molecule has 1 aliphatic rings. The van der Waals surface area contributed by atoms with Crippen molar-refractivity contribution in [3.8, 4) is 0 Å². The van der Waals surface area contributed by atoms with E-state index < -0.39 is 5.97 Å². The number of carboxylic acid groups (broad SMARTS) is 1. The van der Waals surface area contributed by atoms with Crippen LogP contribution in [0.5, 0.6) is 0 Å². The summed E-state index contributed by atoms with van der Waals surface area (Å²) in [6.07, 6.45) is 1.30. The largest absolute Gasteiger partial charge is 0.478 e. The van der Waals surface area contributed by atoms with Crippen molar-refractivity contribution in [2.45, 2.75) is 13.0 Å². The summed E-state index contributed by atoms with van der Waals surface area (Å²) in [6.45, 7) is 6.27. The number of pyridine rings is 1. The van der Waals surface area contributed by atoms with Crippen molar-refractivity contribution in [1.82, 2.24) is 9.88 Å². The predicted octanol–water partition coefficient (Wildman–Crippen LogP) is 1.57. The topological polar surface area (TPSA) is 74.7 Å². The fourth-order valence-electron chi connectivity index (χ4n) is 2.11. The van der Waals surface area contributed by atoms with Crippen LogP contribution in [0.25, 0.3) is 0 Å². The summed E-state index contributed by atoms with van der Waals surface area (Å²) in [6, 6.07) is 1.56. The summed E-state index contributed by atoms with van der Waals surface area (Å²) in [4.78, 5) is 17.2. The van der Waals surface area contributed by atoms with Crippen molar-refractivity contribution in [2.24, 2.45) is 0 Å². The van der Waals surface area contributed by atoms with Gasteiger partial charge in [-0.2, -0.15) is 0 Å². The molecule has 2 rings (SSSR count). The highest BCUT2D eigenvalue weighted by atomic mass is 35.5. The van der Waals surface area contributed by atoms with Gasteiger partial charge in [0.25, 0.3) is 0 Å². The summed E-state index contributed by atoms with van der Waals surface area (Å²) in [7, 11) is 0. The van der Waals surface area contributed by atoms with Crippen molar-refractivity contribution < 1.29 is 14.6 Å². The van der Waals surface area contributed by atoms with E-state index in [1.807, 2.05) is 6.92 Å². The molecular weight excluding hydrogens is 282 g/mol. The zero-order chi connectivity index (χ0) is 14.5. The summed E-state index contributed by atoms with van der Waals surface area (Å²) >= 11 is 6.04. The van der Waals surface area contributed by atoms with E-state index in [-0.39, 0.29) is 11.6 Å². The molecule has 2 heterocycles. The molecule has 0 bridgehead atoms. The number of nitrogens with zero attached hydrogens (tertiary/aromatic N) is 2. The molecule has 0 saturated carbocycles. The van der Waals surface area contributed by atoms with Crippen molar-refractivity contribution >= 4 is 23.4 Å². The van der Waals surface area contributed by atoms with Gasteiger partial charge in [0.15, 0.2) is 0 Å². The normalized spacial score (nSPS) is 17.7. The first-order valence-electron chi connectivity index (χ1n) is 6.51. The van der Waals surface area contributed by atoms with Crippen LogP contribution < -0.4 is 5.32 Å². The molecule has 20 heavy (non-hydrogen) atoms. The molecule has 6 nitrogen and oxygen atoms in total. The molecule has 7 heteroatoms. The average molecular weight is 300 g/mol. The van der Waals surface area contributed by atoms with Crippen LogP contribution in [-0.2, 0) is 4.74 Å². The fourth-order valence-corrected chi connectivity index (χ4v) is 2.33. The lowest BCUT2D eigenvalue weighted by atomic mass is 10.2. The van der Waals surface area contributed by atoms with Gasteiger partial charge in [0, 0.05) is 31.9 Å². The molecular formula is C13H18ClN3O3. The Bertz CT molecular complexity index is 478. The Morgan fingerprint density at radius 2 is 2.30 bits per heavy atom. The third kappa shape index (κ3) is 4.06. The minimum absolute atomic E-state index is 0.0846. The van der Waals surface area contributed by atoms with Gasteiger partial charge < -0.3 is 15.2 Å². The van der Waals surface area contributed by atoms with Crippen molar-refractivity contribution in [1.29, 1.82) is 0 Å². The number of rotatable bonds is 5. The molecule has 1 aromatic heterocycles. The zero-order valence-electron chi connectivity index (χ0n) is 11.3. The molecule has 0 radical (unpaired) electrons. The Kier molecular flexibility index (Phi) is 5.17. The molecule has 1 saturated heterocycles. The van der Waals surface area contributed by atoms with E-state index in [0.717, 1.165) is 32.8 Å². The number of carbonyl (C=O) groups is 1.